The van der Waals surface area contributed by atoms with Crippen LogP contribution in [0.5, 0.6) is 11.5 Å². The zero-order valence-corrected chi connectivity index (χ0v) is 23.0. The predicted molar refractivity (Wildman–Crippen MR) is 153 cm³/mol. The molecule has 0 unspecified atom stereocenters. The van der Waals surface area contributed by atoms with Crippen molar-refractivity contribution in [3.8, 4) is 11.5 Å². The number of benzene rings is 4. The molecular formula is C29H22Br2N2O4. The Hall–Kier alpha value is -3.62. The number of carbonyl (C=O) groups is 1. The maximum atomic E-state index is 12.5. The van der Waals surface area contributed by atoms with Gasteiger partial charge in [0.1, 0.15) is 12.2 Å². The average Bonchev–Trinajstić information content (AvgIpc) is 3.33. The molecule has 0 aliphatic carbocycles. The third kappa shape index (κ3) is 5.87. The minimum Gasteiger partial charge on any atom is -0.490 e. The number of nitrogens with zero attached hydrogens (tertiary/aromatic N) is 1. The van der Waals surface area contributed by atoms with E-state index in [1.165, 1.54) is 10.8 Å². The topological polar surface area (TPSA) is 73.1 Å². The fourth-order valence-corrected chi connectivity index (χ4v) is 5.23. The van der Waals surface area contributed by atoms with Gasteiger partial charge in [0.25, 0.3) is 0 Å². The maximum absolute atomic E-state index is 12.5. The Morgan fingerprint density at radius 3 is 2.59 bits per heavy atom. The van der Waals surface area contributed by atoms with Crippen LogP contribution in [0.25, 0.3) is 21.7 Å². The van der Waals surface area contributed by atoms with Crippen molar-refractivity contribution in [1.29, 1.82) is 0 Å². The molecule has 5 rings (SSSR count). The number of furan rings is 1. The molecule has 4 aromatic carbocycles. The standard InChI is InChI=1S/C29H22Br2N2O4/c1-2-35-26-12-18(8-10-25(26)36-17-19-7-9-20-5-3-4-6-21(20)11-19)16-32-33-29(34)27-14-22-13-23(30)15-24(31)28(22)37-27/h3-16H,2,17H2,1H3,(H,33,34)/b32-16-. The molecule has 5 aromatic rings. The lowest BCUT2D eigenvalue weighted by molar-refractivity contribution is 0.0929. The Labute approximate surface area is 230 Å². The fourth-order valence-electron chi connectivity index (χ4n) is 3.89. The van der Waals surface area contributed by atoms with Crippen molar-refractivity contribution in [2.75, 3.05) is 6.61 Å². The van der Waals surface area contributed by atoms with Crippen LogP contribution in [0, 0.1) is 0 Å². The molecular weight excluding hydrogens is 600 g/mol. The summed E-state index contributed by atoms with van der Waals surface area (Å²) in [5.41, 5.74) is 4.92. The van der Waals surface area contributed by atoms with Crippen molar-refractivity contribution < 1.29 is 18.7 Å². The van der Waals surface area contributed by atoms with E-state index in [0.717, 1.165) is 25.5 Å². The third-order valence-electron chi connectivity index (χ3n) is 5.62. The Bertz CT molecular complexity index is 1630. The van der Waals surface area contributed by atoms with Crippen LogP contribution in [0.4, 0.5) is 0 Å². The van der Waals surface area contributed by atoms with Gasteiger partial charge in [-0.2, -0.15) is 5.10 Å². The minimum absolute atomic E-state index is 0.165. The highest BCUT2D eigenvalue weighted by atomic mass is 79.9. The van der Waals surface area contributed by atoms with E-state index in [2.05, 4.69) is 72.7 Å². The first kappa shape index (κ1) is 25.0. The number of amides is 1. The van der Waals surface area contributed by atoms with Gasteiger partial charge in [-0.3, -0.25) is 4.79 Å². The third-order valence-corrected chi connectivity index (χ3v) is 6.66. The van der Waals surface area contributed by atoms with E-state index in [1.807, 2.05) is 49.4 Å². The Morgan fingerprint density at radius 2 is 1.76 bits per heavy atom. The first-order valence-corrected chi connectivity index (χ1v) is 13.2. The zero-order valence-electron chi connectivity index (χ0n) is 19.8. The number of nitrogens with one attached hydrogen (secondary N) is 1. The molecule has 0 bridgehead atoms. The van der Waals surface area contributed by atoms with Crippen LogP contribution in [0.2, 0.25) is 0 Å². The molecule has 1 heterocycles. The van der Waals surface area contributed by atoms with Crippen molar-refractivity contribution in [2.24, 2.45) is 5.10 Å². The van der Waals surface area contributed by atoms with E-state index in [9.17, 15) is 4.79 Å². The van der Waals surface area contributed by atoms with Crippen molar-refractivity contribution in [1.82, 2.24) is 5.43 Å². The van der Waals surface area contributed by atoms with Gasteiger partial charge in [-0.15, -0.1) is 0 Å². The lowest BCUT2D eigenvalue weighted by atomic mass is 10.1. The van der Waals surface area contributed by atoms with E-state index < -0.39 is 5.91 Å². The molecule has 0 spiro atoms. The summed E-state index contributed by atoms with van der Waals surface area (Å²) in [6.07, 6.45) is 1.54. The van der Waals surface area contributed by atoms with E-state index in [-0.39, 0.29) is 5.76 Å². The molecule has 1 N–H and O–H groups in total. The number of halogens is 2. The van der Waals surface area contributed by atoms with E-state index >= 15 is 0 Å². The highest BCUT2D eigenvalue weighted by molar-refractivity contribution is 9.11. The van der Waals surface area contributed by atoms with Crippen molar-refractivity contribution >= 4 is 65.7 Å². The van der Waals surface area contributed by atoms with Crippen molar-refractivity contribution in [3.05, 3.63) is 105 Å². The molecule has 0 aliphatic heterocycles. The van der Waals surface area contributed by atoms with Crippen LogP contribution in [0.3, 0.4) is 0 Å². The molecule has 0 aliphatic rings. The van der Waals surface area contributed by atoms with E-state index in [1.54, 1.807) is 12.3 Å². The largest absolute Gasteiger partial charge is 0.490 e. The lowest BCUT2D eigenvalue weighted by Crippen LogP contribution is -2.16. The summed E-state index contributed by atoms with van der Waals surface area (Å²) in [7, 11) is 0. The molecule has 0 radical (unpaired) electrons. The van der Waals surface area contributed by atoms with Gasteiger partial charge in [-0.25, -0.2) is 5.43 Å². The summed E-state index contributed by atoms with van der Waals surface area (Å²) in [5.74, 6) is 0.954. The molecule has 0 atom stereocenters. The lowest BCUT2D eigenvalue weighted by Gasteiger charge is -2.13. The zero-order chi connectivity index (χ0) is 25.8. The molecule has 0 saturated carbocycles. The maximum Gasteiger partial charge on any atom is 0.307 e. The Kier molecular flexibility index (Phi) is 7.58. The number of ether oxygens (including phenoxy) is 2. The molecule has 8 heteroatoms. The van der Waals surface area contributed by atoms with Gasteiger partial charge < -0.3 is 13.9 Å². The average molecular weight is 622 g/mol. The quantitative estimate of drug-likeness (QED) is 0.141. The summed E-state index contributed by atoms with van der Waals surface area (Å²) >= 11 is 6.88. The summed E-state index contributed by atoms with van der Waals surface area (Å²) in [5, 5.41) is 7.25. The molecule has 186 valence electrons. The van der Waals surface area contributed by atoms with E-state index in [0.29, 0.717) is 30.3 Å². The number of hydrogen-bond donors (Lipinski definition) is 1. The second-order valence-corrected chi connectivity index (χ2v) is 10.00. The Balaban J connectivity index is 1.26. The number of fused-ring (bicyclic) bond motifs is 2. The van der Waals surface area contributed by atoms with Gasteiger partial charge in [-0.1, -0.05) is 52.3 Å². The SMILES string of the molecule is CCOc1cc(/C=N\NC(=O)c2cc3cc(Br)cc(Br)c3o2)ccc1OCc1ccc2ccccc2c1. The second kappa shape index (κ2) is 11.2. The first-order valence-electron chi connectivity index (χ1n) is 11.6. The van der Waals surface area contributed by atoms with Crippen molar-refractivity contribution in [3.63, 3.8) is 0 Å². The monoisotopic (exact) mass is 620 g/mol. The minimum atomic E-state index is -0.448. The summed E-state index contributed by atoms with van der Waals surface area (Å²) in [6, 6.07) is 25.4. The highest BCUT2D eigenvalue weighted by Crippen LogP contribution is 2.31. The molecule has 6 nitrogen and oxygen atoms in total. The van der Waals surface area contributed by atoms with Crippen LogP contribution >= 0.6 is 31.9 Å². The smallest absolute Gasteiger partial charge is 0.307 e. The van der Waals surface area contributed by atoms with Crippen LogP contribution in [0.15, 0.2) is 97.3 Å². The molecule has 37 heavy (non-hydrogen) atoms. The molecule has 0 saturated heterocycles. The van der Waals surface area contributed by atoms with Gasteiger partial charge in [0.15, 0.2) is 17.3 Å². The normalized spacial score (nSPS) is 11.3. The van der Waals surface area contributed by atoms with Gasteiger partial charge in [-0.05, 0) is 87.2 Å². The van der Waals surface area contributed by atoms with Gasteiger partial charge in [0, 0.05) is 9.86 Å². The second-order valence-electron chi connectivity index (χ2n) is 8.23. The first-order chi connectivity index (χ1) is 18.0. The van der Waals surface area contributed by atoms with Gasteiger partial charge in [0.2, 0.25) is 0 Å². The summed E-state index contributed by atoms with van der Waals surface area (Å²) in [6.45, 7) is 2.82. The molecule has 0 fully saturated rings. The Morgan fingerprint density at radius 1 is 0.919 bits per heavy atom. The van der Waals surface area contributed by atoms with Crippen LogP contribution < -0.4 is 14.9 Å². The number of hydrazone groups is 1. The fraction of sp³-hybridized carbons (Fsp3) is 0.103. The van der Waals surface area contributed by atoms with Crippen LogP contribution in [-0.2, 0) is 6.61 Å². The van der Waals surface area contributed by atoms with Gasteiger partial charge in [0.05, 0.1) is 17.3 Å². The van der Waals surface area contributed by atoms with Crippen LogP contribution in [-0.4, -0.2) is 18.7 Å². The van der Waals surface area contributed by atoms with Crippen LogP contribution in [0.1, 0.15) is 28.6 Å². The van der Waals surface area contributed by atoms with E-state index in [4.69, 9.17) is 13.9 Å². The number of rotatable bonds is 8. The summed E-state index contributed by atoms with van der Waals surface area (Å²) in [4.78, 5) is 12.5. The number of carbonyl (C=O) groups excluding carboxylic acids is 1. The predicted octanol–water partition coefficient (Wildman–Crippen LogP) is 7.85. The molecule has 1 aromatic heterocycles. The number of hydrogen-bond acceptors (Lipinski definition) is 5. The van der Waals surface area contributed by atoms with Gasteiger partial charge >= 0.3 is 5.91 Å². The highest BCUT2D eigenvalue weighted by Gasteiger charge is 2.14. The van der Waals surface area contributed by atoms with Crippen molar-refractivity contribution in [2.45, 2.75) is 13.5 Å². The molecule has 1 amide bonds. The summed E-state index contributed by atoms with van der Waals surface area (Å²) < 4.78 is 19.2.